The highest BCUT2D eigenvalue weighted by molar-refractivity contribution is 5.84. The Morgan fingerprint density at radius 3 is 2.73 bits per heavy atom. The quantitative estimate of drug-likeness (QED) is 0.225. The molecule has 0 saturated carbocycles. The average Bonchev–Trinajstić information content (AvgIpc) is 2.98. The predicted molar refractivity (Wildman–Crippen MR) is 159 cm³/mol. The van der Waals surface area contributed by atoms with Crippen LogP contribution in [0.1, 0.15) is 48.2 Å². The molecule has 3 heterocycles. The first-order chi connectivity index (χ1) is 20.0. The van der Waals surface area contributed by atoms with Gasteiger partial charge in [-0.1, -0.05) is 30.3 Å². The first kappa shape index (κ1) is 30.0. The van der Waals surface area contributed by atoms with Crippen molar-refractivity contribution in [1.29, 1.82) is 0 Å². The molecule has 218 valence electrons. The predicted octanol–water partition coefficient (Wildman–Crippen LogP) is 4.05. The number of pyridine rings is 2. The van der Waals surface area contributed by atoms with Crippen LogP contribution >= 0.6 is 0 Å². The number of nitrogens with zero attached hydrogens (tertiary/aromatic N) is 3. The smallest absolute Gasteiger partial charge is 0.326 e. The molecular weight excluding hydrogens is 518 g/mol. The molecule has 1 atom stereocenters. The third kappa shape index (κ3) is 9.86. The number of carboxylic acid groups (broad SMARTS) is 1. The third-order valence-electron chi connectivity index (χ3n) is 7.34. The molecule has 9 heteroatoms. The van der Waals surface area contributed by atoms with Crippen molar-refractivity contribution in [3.63, 3.8) is 0 Å². The molecular formula is C32H41N5O4. The van der Waals surface area contributed by atoms with E-state index in [0.29, 0.717) is 31.8 Å². The fraction of sp³-hybridized carbons (Fsp3) is 0.438. The Labute approximate surface area is 242 Å². The summed E-state index contributed by atoms with van der Waals surface area (Å²) in [6, 6.07) is 16.7. The number of hydrogen-bond acceptors (Lipinski definition) is 7. The van der Waals surface area contributed by atoms with Gasteiger partial charge in [-0.2, -0.15) is 0 Å². The lowest BCUT2D eigenvalue weighted by molar-refractivity contribution is -0.142. The Morgan fingerprint density at radius 2 is 1.93 bits per heavy atom. The number of anilines is 1. The maximum atomic E-state index is 12.6. The number of para-hydroxylation sites is 1. The molecule has 0 radical (unpaired) electrons. The third-order valence-corrected chi connectivity index (χ3v) is 7.34. The Morgan fingerprint density at radius 1 is 1.07 bits per heavy atom. The minimum absolute atomic E-state index is 0.0529. The Balaban J connectivity index is 1.28. The van der Waals surface area contributed by atoms with Gasteiger partial charge in [0.1, 0.15) is 24.2 Å². The molecule has 1 aliphatic rings. The molecule has 1 unspecified atom stereocenters. The summed E-state index contributed by atoms with van der Waals surface area (Å²) in [4.78, 5) is 35.9. The summed E-state index contributed by atoms with van der Waals surface area (Å²) in [5.74, 6) is 0.447. The number of carbonyl (C=O) groups is 2. The van der Waals surface area contributed by atoms with Crippen LogP contribution in [-0.4, -0.2) is 70.7 Å². The number of benzene rings is 1. The number of unbranched alkanes of at least 4 members (excludes halogenated alkanes) is 1. The SMILES string of the molecule is Cc1cccnc1CC(=O)NC(CCN(CCCCc1ccc2c(n1)NCCC2)CCOc1ccccc1)C(=O)O. The second-order valence-corrected chi connectivity index (χ2v) is 10.5. The van der Waals surface area contributed by atoms with E-state index in [2.05, 4.69) is 32.7 Å². The van der Waals surface area contributed by atoms with Gasteiger partial charge in [-0.25, -0.2) is 9.78 Å². The van der Waals surface area contributed by atoms with Crippen molar-refractivity contribution >= 4 is 17.7 Å². The number of aliphatic carboxylic acids is 1. The second kappa shape index (κ2) is 15.7. The molecule has 3 aromatic rings. The van der Waals surface area contributed by atoms with Gasteiger partial charge in [0.05, 0.1) is 12.1 Å². The number of carboxylic acids is 1. The van der Waals surface area contributed by atoms with E-state index in [1.807, 2.05) is 49.4 Å². The summed E-state index contributed by atoms with van der Waals surface area (Å²) in [5, 5.41) is 15.9. The van der Waals surface area contributed by atoms with Crippen LogP contribution < -0.4 is 15.4 Å². The van der Waals surface area contributed by atoms with Crippen molar-refractivity contribution in [2.45, 2.75) is 57.9 Å². The fourth-order valence-electron chi connectivity index (χ4n) is 4.96. The van der Waals surface area contributed by atoms with Gasteiger partial charge in [0.15, 0.2) is 0 Å². The number of hydrogen-bond donors (Lipinski definition) is 3. The van der Waals surface area contributed by atoms with Crippen molar-refractivity contribution in [3.8, 4) is 5.75 Å². The van der Waals surface area contributed by atoms with Gasteiger partial charge in [0.2, 0.25) is 5.91 Å². The van der Waals surface area contributed by atoms with E-state index in [1.54, 1.807) is 6.20 Å². The first-order valence-electron chi connectivity index (χ1n) is 14.5. The summed E-state index contributed by atoms with van der Waals surface area (Å²) in [7, 11) is 0. The monoisotopic (exact) mass is 559 g/mol. The molecule has 9 nitrogen and oxygen atoms in total. The highest BCUT2D eigenvalue weighted by atomic mass is 16.5. The van der Waals surface area contributed by atoms with E-state index >= 15 is 0 Å². The van der Waals surface area contributed by atoms with Crippen LogP contribution in [-0.2, 0) is 28.9 Å². The van der Waals surface area contributed by atoms with E-state index < -0.39 is 12.0 Å². The lowest BCUT2D eigenvalue weighted by Gasteiger charge is -2.24. The summed E-state index contributed by atoms with van der Waals surface area (Å²) < 4.78 is 5.91. The number of ether oxygens (including phenoxy) is 1. The molecule has 4 rings (SSSR count). The van der Waals surface area contributed by atoms with E-state index in [-0.39, 0.29) is 12.3 Å². The fourth-order valence-corrected chi connectivity index (χ4v) is 4.96. The van der Waals surface area contributed by atoms with E-state index in [9.17, 15) is 14.7 Å². The minimum Gasteiger partial charge on any atom is -0.492 e. The highest BCUT2D eigenvalue weighted by Gasteiger charge is 2.22. The van der Waals surface area contributed by atoms with E-state index in [1.165, 1.54) is 5.56 Å². The zero-order valence-electron chi connectivity index (χ0n) is 23.8. The van der Waals surface area contributed by atoms with Gasteiger partial charge < -0.3 is 20.5 Å². The molecule has 41 heavy (non-hydrogen) atoms. The minimum atomic E-state index is -1.04. The number of fused-ring (bicyclic) bond motifs is 1. The summed E-state index contributed by atoms with van der Waals surface area (Å²) in [6.45, 7) is 5.34. The number of rotatable bonds is 16. The second-order valence-electron chi connectivity index (χ2n) is 10.5. The molecule has 2 aromatic heterocycles. The van der Waals surface area contributed by atoms with Gasteiger partial charge >= 0.3 is 5.97 Å². The number of carbonyl (C=O) groups excluding carboxylic acids is 1. The lowest BCUT2D eigenvalue weighted by Crippen LogP contribution is -2.44. The standard InChI is InChI=1S/C32H41N5O4/c1-24-9-7-17-33-29(24)23-30(38)36-28(32(39)40)16-20-37(21-22-41-27-12-3-2-4-13-27)19-6-5-11-26-15-14-25-10-8-18-34-31(25)35-26/h2-4,7,9,12-15,17,28H,5-6,8,10-11,16,18-23H2,1H3,(H,34,35)(H,36,38)(H,39,40). The largest absolute Gasteiger partial charge is 0.492 e. The zero-order chi connectivity index (χ0) is 28.9. The van der Waals surface area contributed by atoms with Crippen molar-refractivity contribution in [3.05, 3.63) is 83.3 Å². The maximum Gasteiger partial charge on any atom is 0.326 e. The van der Waals surface area contributed by atoms with Gasteiger partial charge in [0.25, 0.3) is 0 Å². The van der Waals surface area contributed by atoms with Crippen LogP contribution in [0.25, 0.3) is 0 Å². The Hall–Kier alpha value is -3.98. The van der Waals surface area contributed by atoms with Crippen molar-refractivity contribution < 1.29 is 19.4 Å². The topological polar surface area (TPSA) is 117 Å². The van der Waals surface area contributed by atoms with Crippen LogP contribution in [0, 0.1) is 6.92 Å². The molecule has 0 fully saturated rings. The highest BCUT2D eigenvalue weighted by Crippen LogP contribution is 2.20. The molecule has 0 spiro atoms. The summed E-state index contributed by atoms with van der Waals surface area (Å²) in [6.07, 6.45) is 7.03. The van der Waals surface area contributed by atoms with E-state index in [4.69, 9.17) is 9.72 Å². The van der Waals surface area contributed by atoms with Crippen LogP contribution in [0.5, 0.6) is 5.75 Å². The van der Waals surface area contributed by atoms with Crippen molar-refractivity contribution in [2.75, 3.05) is 38.1 Å². The number of aryl methyl sites for hydroxylation is 3. The normalized spacial score (nSPS) is 13.2. The number of nitrogens with one attached hydrogen (secondary N) is 2. The van der Waals surface area contributed by atoms with Gasteiger partial charge in [-0.05, 0) is 87.4 Å². The molecule has 0 saturated heterocycles. The summed E-state index contributed by atoms with van der Waals surface area (Å²) >= 11 is 0. The van der Waals surface area contributed by atoms with Gasteiger partial charge in [-0.3, -0.25) is 14.7 Å². The average molecular weight is 560 g/mol. The van der Waals surface area contributed by atoms with Crippen LogP contribution in [0.2, 0.25) is 0 Å². The Kier molecular flexibility index (Phi) is 11.5. The molecule has 1 aromatic carbocycles. The lowest BCUT2D eigenvalue weighted by atomic mass is 10.1. The van der Waals surface area contributed by atoms with Crippen LogP contribution in [0.4, 0.5) is 5.82 Å². The van der Waals surface area contributed by atoms with Crippen LogP contribution in [0.15, 0.2) is 60.8 Å². The summed E-state index contributed by atoms with van der Waals surface area (Å²) in [5.41, 5.74) is 3.94. The van der Waals surface area contributed by atoms with Gasteiger partial charge in [0, 0.05) is 31.5 Å². The zero-order valence-corrected chi connectivity index (χ0v) is 23.8. The number of amides is 1. The molecule has 0 aliphatic carbocycles. The van der Waals surface area contributed by atoms with Gasteiger partial charge in [-0.15, -0.1) is 0 Å². The molecule has 0 bridgehead atoms. The first-order valence-corrected chi connectivity index (χ1v) is 14.5. The molecule has 1 aliphatic heterocycles. The van der Waals surface area contributed by atoms with Crippen LogP contribution in [0.3, 0.4) is 0 Å². The van der Waals surface area contributed by atoms with Crippen molar-refractivity contribution in [2.24, 2.45) is 0 Å². The van der Waals surface area contributed by atoms with E-state index in [0.717, 1.165) is 68.0 Å². The Bertz CT molecular complexity index is 1270. The molecule has 1 amide bonds. The number of aromatic nitrogens is 2. The van der Waals surface area contributed by atoms with Crippen molar-refractivity contribution in [1.82, 2.24) is 20.2 Å². The molecule has 3 N–H and O–H groups in total. The maximum absolute atomic E-state index is 12.6.